The number of carboxylic acid groups (broad SMARTS) is 1. The van der Waals surface area contributed by atoms with Crippen LogP contribution in [0.2, 0.25) is 0 Å². The molecule has 29 heavy (non-hydrogen) atoms. The summed E-state index contributed by atoms with van der Waals surface area (Å²) >= 11 is 0. The molecule has 0 spiro atoms. The smallest absolute Gasteiger partial charge is 0.335 e. The third kappa shape index (κ3) is 4.53. The van der Waals surface area contributed by atoms with Gasteiger partial charge in [0.25, 0.3) is 11.6 Å². The molecule has 0 aromatic heterocycles. The van der Waals surface area contributed by atoms with E-state index in [4.69, 9.17) is 4.74 Å². The maximum absolute atomic E-state index is 12.9. The van der Waals surface area contributed by atoms with Crippen molar-refractivity contribution in [1.82, 2.24) is 4.90 Å². The number of ether oxygens (including phenoxy) is 1. The topological polar surface area (TPSA) is 110 Å². The van der Waals surface area contributed by atoms with Crippen LogP contribution in [-0.4, -0.2) is 47.0 Å². The average Bonchev–Trinajstić information content (AvgIpc) is 2.73. The van der Waals surface area contributed by atoms with Gasteiger partial charge in [0, 0.05) is 19.2 Å². The van der Waals surface area contributed by atoms with E-state index in [1.54, 1.807) is 17.0 Å². The van der Waals surface area contributed by atoms with Crippen LogP contribution in [0.5, 0.6) is 5.75 Å². The van der Waals surface area contributed by atoms with Crippen LogP contribution in [0.25, 0.3) is 0 Å². The second kappa shape index (κ2) is 8.72. The van der Waals surface area contributed by atoms with Crippen LogP contribution in [0.15, 0.2) is 42.5 Å². The minimum Gasteiger partial charge on any atom is -0.497 e. The van der Waals surface area contributed by atoms with Crippen LogP contribution < -0.4 is 4.74 Å². The summed E-state index contributed by atoms with van der Waals surface area (Å²) in [4.78, 5) is 36.6. The highest BCUT2D eigenvalue weighted by Gasteiger charge is 2.29. The zero-order valence-electron chi connectivity index (χ0n) is 16.0. The van der Waals surface area contributed by atoms with Gasteiger partial charge in [0.1, 0.15) is 11.3 Å². The zero-order chi connectivity index (χ0) is 21.0. The molecule has 0 bridgehead atoms. The molecule has 0 saturated carbocycles. The number of carbonyl (C=O) groups is 2. The van der Waals surface area contributed by atoms with Gasteiger partial charge in [-0.05, 0) is 48.9 Å². The molecule has 0 aliphatic carbocycles. The summed E-state index contributed by atoms with van der Waals surface area (Å²) in [5, 5.41) is 20.6. The lowest BCUT2D eigenvalue weighted by atomic mass is 9.88. The van der Waals surface area contributed by atoms with Gasteiger partial charge < -0.3 is 14.7 Å². The highest BCUT2D eigenvalue weighted by Crippen LogP contribution is 2.28. The predicted molar refractivity (Wildman–Crippen MR) is 105 cm³/mol. The number of likely N-dealkylation sites (tertiary alicyclic amines) is 1. The lowest BCUT2D eigenvalue weighted by Gasteiger charge is -2.32. The number of aromatic carboxylic acids is 1. The Balaban J connectivity index is 1.69. The molecule has 0 radical (unpaired) electrons. The van der Waals surface area contributed by atoms with Gasteiger partial charge >= 0.3 is 5.97 Å². The Morgan fingerprint density at radius 2 is 1.86 bits per heavy atom. The SMILES string of the molecule is COc1ccc([N+](=O)[O-])c(C(=O)N2CCC(Cc3ccccc3C(=O)O)CC2)c1. The first kappa shape index (κ1) is 20.3. The normalized spacial score (nSPS) is 14.4. The quantitative estimate of drug-likeness (QED) is 0.590. The number of carbonyl (C=O) groups excluding carboxylic acids is 1. The van der Waals surface area contributed by atoms with Gasteiger partial charge in [-0.15, -0.1) is 0 Å². The Morgan fingerprint density at radius 3 is 2.48 bits per heavy atom. The van der Waals surface area contributed by atoms with Crippen molar-refractivity contribution < 1.29 is 24.4 Å². The number of benzene rings is 2. The molecule has 1 amide bonds. The second-order valence-electron chi connectivity index (χ2n) is 7.04. The van der Waals surface area contributed by atoms with E-state index in [-0.39, 0.29) is 23.1 Å². The molecule has 1 N–H and O–H groups in total. The lowest BCUT2D eigenvalue weighted by Crippen LogP contribution is -2.39. The Kier molecular flexibility index (Phi) is 6.11. The number of methoxy groups -OCH3 is 1. The summed E-state index contributed by atoms with van der Waals surface area (Å²) in [5.41, 5.74) is 0.864. The summed E-state index contributed by atoms with van der Waals surface area (Å²) in [7, 11) is 1.44. The molecule has 152 valence electrons. The third-order valence-corrected chi connectivity index (χ3v) is 5.29. The largest absolute Gasteiger partial charge is 0.497 e. The monoisotopic (exact) mass is 398 g/mol. The number of hydrogen-bond acceptors (Lipinski definition) is 5. The average molecular weight is 398 g/mol. The summed E-state index contributed by atoms with van der Waals surface area (Å²) in [5.74, 6) is -0.697. The van der Waals surface area contributed by atoms with Gasteiger partial charge in [0.05, 0.1) is 17.6 Å². The zero-order valence-corrected chi connectivity index (χ0v) is 16.0. The first-order chi connectivity index (χ1) is 13.9. The highest BCUT2D eigenvalue weighted by molar-refractivity contribution is 5.98. The van der Waals surface area contributed by atoms with Crippen molar-refractivity contribution in [3.63, 3.8) is 0 Å². The van der Waals surface area contributed by atoms with Crippen LogP contribution in [0, 0.1) is 16.0 Å². The van der Waals surface area contributed by atoms with Crippen LogP contribution in [0.3, 0.4) is 0 Å². The summed E-state index contributed by atoms with van der Waals surface area (Å²) in [6, 6.07) is 11.1. The van der Waals surface area contributed by atoms with Crippen molar-refractivity contribution in [3.8, 4) is 5.75 Å². The van der Waals surface area contributed by atoms with E-state index < -0.39 is 10.9 Å². The molecule has 1 aliphatic heterocycles. The molecule has 1 aliphatic rings. The van der Waals surface area contributed by atoms with Crippen LogP contribution in [0.1, 0.15) is 39.1 Å². The number of carboxylic acids is 1. The third-order valence-electron chi connectivity index (χ3n) is 5.29. The van der Waals surface area contributed by atoms with Crippen LogP contribution in [0.4, 0.5) is 5.69 Å². The molecular formula is C21H22N2O6. The Labute approximate surface area is 167 Å². The molecule has 2 aromatic carbocycles. The molecule has 1 heterocycles. The van der Waals surface area contributed by atoms with Gasteiger partial charge in [-0.3, -0.25) is 14.9 Å². The standard InChI is InChI=1S/C21H22N2O6/c1-29-16-6-7-19(23(27)28)18(13-16)20(24)22-10-8-14(9-11-22)12-15-4-2-3-5-17(15)21(25)26/h2-7,13-14H,8-12H2,1H3,(H,25,26). The minimum atomic E-state index is -0.946. The number of amides is 1. The van der Waals surface area contributed by atoms with Gasteiger partial charge in [0.2, 0.25) is 0 Å². The number of hydrogen-bond donors (Lipinski definition) is 1. The number of nitro groups is 1. The summed E-state index contributed by atoms with van der Waals surface area (Å²) < 4.78 is 5.10. The number of rotatable bonds is 6. The predicted octanol–water partition coefficient (Wildman–Crippen LogP) is 3.40. The van der Waals surface area contributed by atoms with Crippen molar-refractivity contribution in [3.05, 3.63) is 69.3 Å². The molecule has 0 atom stereocenters. The summed E-state index contributed by atoms with van der Waals surface area (Å²) in [6.07, 6.45) is 2.04. The van der Waals surface area contributed by atoms with Crippen LogP contribution >= 0.6 is 0 Å². The van der Waals surface area contributed by atoms with E-state index in [0.717, 1.165) is 5.56 Å². The van der Waals surface area contributed by atoms with Crippen molar-refractivity contribution >= 4 is 17.6 Å². The van der Waals surface area contributed by atoms with E-state index in [2.05, 4.69) is 0 Å². The number of piperidine rings is 1. The fourth-order valence-corrected chi connectivity index (χ4v) is 3.70. The molecular weight excluding hydrogens is 376 g/mol. The molecule has 8 heteroatoms. The van der Waals surface area contributed by atoms with E-state index in [9.17, 15) is 24.8 Å². The molecule has 3 rings (SSSR count). The van der Waals surface area contributed by atoms with E-state index in [0.29, 0.717) is 43.7 Å². The van der Waals surface area contributed by atoms with Gasteiger partial charge in [-0.1, -0.05) is 18.2 Å². The van der Waals surface area contributed by atoms with E-state index in [1.807, 2.05) is 12.1 Å². The first-order valence-corrected chi connectivity index (χ1v) is 9.33. The number of nitro benzene ring substituents is 1. The van der Waals surface area contributed by atoms with Crippen molar-refractivity contribution in [2.75, 3.05) is 20.2 Å². The fourth-order valence-electron chi connectivity index (χ4n) is 3.70. The molecule has 1 fully saturated rings. The van der Waals surface area contributed by atoms with Gasteiger partial charge in [0.15, 0.2) is 0 Å². The molecule has 2 aromatic rings. The van der Waals surface area contributed by atoms with E-state index >= 15 is 0 Å². The van der Waals surface area contributed by atoms with Gasteiger partial charge in [-0.2, -0.15) is 0 Å². The van der Waals surface area contributed by atoms with E-state index in [1.165, 1.54) is 25.3 Å². The Morgan fingerprint density at radius 1 is 1.17 bits per heavy atom. The maximum Gasteiger partial charge on any atom is 0.335 e. The molecule has 8 nitrogen and oxygen atoms in total. The summed E-state index contributed by atoms with van der Waals surface area (Å²) in [6.45, 7) is 0.931. The molecule has 0 unspecified atom stereocenters. The minimum absolute atomic E-state index is 0.0176. The maximum atomic E-state index is 12.9. The van der Waals surface area contributed by atoms with Crippen molar-refractivity contribution in [2.24, 2.45) is 5.92 Å². The fraction of sp³-hybridized carbons (Fsp3) is 0.333. The van der Waals surface area contributed by atoms with Gasteiger partial charge in [-0.25, -0.2) is 4.79 Å². The lowest BCUT2D eigenvalue weighted by molar-refractivity contribution is -0.385. The molecule has 1 saturated heterocycles. The van der Waals surface area contributed by atoms with Crippen molar-refractivity contribution in [1.29, 1.82) is 0 Å². The highest BCUT2D eigenvalue weighted by atomic mass is 16.6. The first-order valence-electron chi connectivity index (χ1n) is 9.33. The van der Waals surface area contributed by atoms with Crippen LogP contribution in [-0.2, 0) is 6.42 Å². The Hall–Kier alpha value is -3.42. The number of nitrogens with zero attached hydrogens (tertiary/aromatic N) is 2. The van der Waals surface area contributed by atoms with Crippen molar-refractivity contribution in [2.45, 2.75) is 19.3 Å². The second-order valence-corrected chi connectivity index (χ2v) is 7.04. The Bertz CT molecular complexity index is 935.